The molecule has 1 aliphatic rings. The lowest BCUT2D eigenvalue weighted by Gasteiger charge is -2.09. The van der Waals surface area contributed by atoms with Crippen molar-refractivity contribution in [3.05, 3.63) is 29.7 Å². The van der Waals surface area contributed by atoms with Gasteiger partial charge in [-0.3, -0.25) is 4.79 Å². The summed E-state index contributed by atoms with van der Waals surface area (Å²) in [6, 6.07) is 4.25. The summed E-state index contributed by atoms with van der Waals surface area (Å²) in [6.45, 7) is 1.55. The first-order valence-electron chi connectivity index (χ1n) is 7.23. The molecule has 2 aromatic rings. The molecule has 1 aromatic carbocycles. The number of hydrogen-bond donors (Lipinski definition) is 2. The normalized spacial score (nSPS) is 12.8. The van der Waals surface area contributed by atoms with Crippen LogP contribution in [-0.4, -0.2) is 39.5 Å². The minimum absolute atomic E-state index is 0. The molecule has 0 bridgehead atoms. The van der Waals surface area contributed by atoms with Gasteiger partial charge in [0.05, 0.1) is 11.4 Å². The standard InChI is InChI=1S/C15H17N3O6S.ClH/c1-8-14(25(20,21)18(2)3)6-13(24-8)15(19)17-10-5-12-11(4-9(10)16)22-7-23-12;/h4-6H,7,16H2,1-3H3,(H,17,19);1H. The minimum Gasteiger partial charge on any atom is -0.455 e. The lowest BCUT2D eigenvalue weighted by atomic mass is 10.2. The predicted molar refractivity (Wildman–Crippen MR) is 96.5 cm³/mol. The van der Waals surface area contributed by atoms with Gasteiger partial charge in [-0.05, 0) is 6.92 Å². The van der Waals surface area contributed by atoms with E-state index in [1.165, 1.54) is 39.2 Å². The molecular weight excluding hydrogens is 386 g/mol. The Morgan fingerprint density at radius 2 is 1.81 bits per heavy atom. The highest BCUT2D eigenvalue weighted by Crippen LogP contribution is 2.38. The Kier molecular flexibility index (Phi) is 5.40. The molecule has 0 unspecified atom stereocenters. The van der Waals surface area contributed by atoms with E-state index in [4.69, 9.17) is 19.6 Å². The summed E-state index contributed by atoms with van der Waals surface area (Å²) in [5, 5.41) is 2.58. The van der Waals surface area contributed by atoms with E-state index in [1.54, 1.807) is 0 Å². The second kappa shape index (κ2) is 7.06. The van der Waals surface area contributed by atoms with Crippen LogP contribution in [0.4, 0.5) is 11.4 Å². The molecule has 11 heteroatoms. The van der Waals surface area contributed by atoms with Crippen LogP contribution in [-0.2, 0) is 10.0 Å². The Morgan fingerprint density at radius 1 is 1.19 bits per heavy atom. The van der Waals surface area contributed by atoms with E-state index in [9.17, 15) is 13.2 Å². The maximum atomic E-state index is 12.4. The Labute approximate surface area is 156 Å². The van der Waals surface area contributed by atoms with Crippen LogP contribution in [0.3, 0.4) is 0 Å². The SMILES string of the molecule is Cc1oc(C(=O)Nc2cc3c(cc2N)OCO3)cc1S(=O)(=O)N(C)C.Cl. The van der Waals surface area contributed by atoms with E-state index in [0.29, 0.717) is 17.2 Å². The number of amides is 1. The van der Waals surface area contributed by atoms with Crippen LogP contribution in [0.1, 0.15) is 16.3 Å². The van der Waals surface area contributed by atoms with Crippen molar-refractivity contribution < 1.29 is 27.1 Å². The van der Waals surface area contributed by atoms with E-state index in [0.717, 1.165) is 4.31 Å². The van der Waals surface area contributed by atoms with Crippen LogP contribution in [0.25, 0.3) is 0 Å². The molecule has 3 rings (SSSR count). The van der Waals surface area contributed by atoms with Crippen LogP contribution < -0.4 is 20.5 Å². The zero-order valence-corrected chi connectivity index (χ0v) is 15.9. The summed E-state index contributed by atoms with van der Waals surface area (Å²) >= 11 is 0. The van der Waals surface area contributed by atoms with Gasteiger partial charge < -0.3 is 24.9 Å². The molecule has 142 valence electrons. The predicted octanol–water partition coefficient (Wildman–Crippen LogP) is 1.82. The number of fused-ring (bicyclic) bond motifs is 1. The third-order valence-corrected chi connectivity index (χ3v) is 5.57. The number of hydrogen-bond acceptors (Lipinski definition) is 7. The second-order valence-corrected chi connectivity index (χ2v) is 7.69. The molecule has 0 spiro atoms. The maximum Gasteiger partial charge on any atom is 0.291 e. The van der Waals surface area contributed by atoms with Crippen molar-refractivity contribution in [1.82, 2.24) is 4.31 Å². The lowest BCUT2D eigenvalue weighted by Crippen LogP contribution is -2.22. The second-order valence-electron chi connectivity index (χ2n) is 5.57. The van der Waals surface area contributed by atoms with Gasteiger partial charge in [0.25, 0.3) is 5.91 Å². The third kappa shape index (κ3) is 3.43. The molecule has 0 saturated carbocycles. The van der Waals surface area contributed by atoms with Gasteiger partial charge in [-0.1, -0.05) is 0 Å². The Bertz CT molecular complexity index is 955. The van der Waals surface area contributed by atoms with Crippen LogP contribution in [0.2, 0.25) is 0 Å². The molecule has 2 heterocycles. The number of carbonyl (C=O) groups excluding carboxylic acids is 1. The quantitative estimate of drug-likeness (QED) is 0.746. The van der Waals surface area contributed by atoms with Crippen LogP contribution in [0.15, 0.2) is 27.5 Å². The summed E-state index contributed by atoms with van der Waals surface area (Å²) in [7, 11) is -0.916. The third-order valence-electron chi connectivity index (χ3n) is 3.65. The molecule has 0 radical (unpaired) electrons. The van der Waals surface area contributed by atoms with Crippen molar-refractivity contribution in [2.45, 2.75) is 11.8 Å². The Hall–Kier alpha value is -2.43. The van der Waals surface area contributed by atoms with Gasteiger partial charge in [0, 0.05) is 32.3 Å². The number of nitrogens with zero attached hydrogens (tertiary/aromatic N) is 1. The van der Waals surface area contributed by atoms with Gasteiger partial charge in [0.1, 0.15) is 10.7 Å². The van der Waals surface area contributed by atoms with Gasteiger partial charge in [-0.15, -0.1) is 12.4 Å². The number of rotatable bonds is 4. The number of aryl methyl sites for hydroxylation is 1. The first kappa shape index (κ1) is 19.9. The van der Waals surface area contributed by atoms with Gasteiger partial charge in [0.2, 0.25) is 16.8 Å². The number of anilines is 2. The first-order chi connectivity index (χ1) is 11.7. The molecule has 1 aromatic heterocycles. The zero-order valence-electron chi connectivity index (χ0n) is 14.2. The number of benzene rings is 1. The number of carbonyl (C=O) groups is 1. The summed E-state index contributed by atoms with van der Waals surface area (Å²) in [5.41, 5.74) is 6.47. The van der Waals surface area contributed by atoms with Gasteiger partial charge in [-0.25, -0.2) is 12.7 Å². The number of nitrogens with one attached hydrogen (secondary N) is 1. The van der Waals surface area contributed by atoms with Crippen molar-refractivity contribution in [2.75, 3.05) is 31.9 Å². The summed E-state index contributed by atoms with van der Waals surface area (Å²) in [6.07, 6.45) is 0. The van der Waals surface area contributed by atoms with Crippen molar-refractivity contribution >= 4 is 39.7 Å². The summed E-state index contributed by atoms with van der Waals surface area (Å²) in [4.78, 5) is 12.3. The fraction of sp³-hybridized carbons (Fsp3) is 0.267. The number of ether oxygens (including phenoxy) is 2. The molecule has 9 nitrogen and oxygen atoms in total. The number of furan rings is 1. The van der Waals surface area contributed by atoms with Crippen molar-refractivity contribution in [2.24, 2.45) is 0 Å². The number of sulfonamides is 1. The molecule has 0 aliphatic carbocycles. The number of nitrogens with two attached hydrogens (primary N) is 1. The van der Waals surface area contributed by atoms with Crippen LogP contribution >= 0.6 is 12.4 Å². The van der Waals surface area contributed by atoms with E-state index in [2.05, 4.69) is 5.32 Å². The first-order valence-corrected chi connectivity index (χ1v) is 8.67. The van der Waals surface area contributed by atoms with E-state index in [-0.39, 0.29) is 41.3 Å². The van der Waals surface area contributed by atoms with Gasteiger partial charge in [0.15, 0.2) is 17.3 Å². The smallest absolute Gasteiger partial charge is 0.291 e. The number of nitrogen functional groups attached to an aromatic ring is 1. The number of halogens is 1. The van der Waals surface area contributed by atoms with Crippen LogP contribution in [0, 0.1) is 6.92 Å². The largest absolute Gasteiger partial charge is 0.455 e. The highest BCUT2D eigenvalue weighted by molar-refractivity contribution is 7.89. The summed E-state index contributed by atoms with van der Waals surface area (Å²) < 4.78 is 41.2. The van der Waals surface area contributed by atoms with Crippen molar-refractivity contribution in [3.8, 4) is 11.5 Å². The van der Waals surface area contributed by atoms with E-state index < -0.39 is 15.9 Å². The highest BCUT2D eigenvalue weighted by Gasteiger charge is 2.26. The summed E-state index contributed by atoms with van der Waals surface area (Å²) in [5.74, 6) is 0.293. The molecule has 1 aliphatic heterocycles. The average Bonchev–Trinajstić information content (AvgIpc) is 3.13. The van der Waals surface area contributed by atoms with E-state index >= 15 is 0 Å². The Morgan fingerprint density at radius 3 is 2.42 bits per heavy atom. The van der Waals surface area contributed by atoms with Gasteiger partial charge >= 0.3 is 0 Å². The molecule has 0 atom stereocenters. The minimum atomic E-state index is -3.71. The average molecular weight is 404 g/mol. The Balaban J connectivity index is 0.00000243. The van der Waals surface area contributed by atoms with E-state index in [1.807, 2.05) is 0 Å². The lowest BCUT2D eigenvalue weighted by molar-refractivity contribution is 0.0995. The fourth-order valence-electron chi connectivity index (χ4n) is 2.28. The fourth-order valence-corrected chi connectivity index (χ4v) is 3.33. The molecule has 1 amide bonds. The van der Waals surface area contributed by atoms with Crippen molar-refractivity contribution in [1.29, 1.82) is 0 Å². The zero-order chi connectivity index (χ0) is 18.4. The highest BCUT2D eigenvalue weighted by atomic mass is 35.5. The monoisotopic (exact) mass is 403 g/mol. The molecule has 3 N–H and O–H groups in total. The maximum absolute atomic E-state index is 12.4. The van der Waals surface area contributed by atoms with Crippen molar-refractivity contribution in [3.63, 3.8) is 0 Å². The molecule has 26 heavy (non-hydrogen) atoms. The van der Waals surface area contributed by atoms with Gasteiger partial charge in [-0.2, -0.15) is 0 Å². The molecule has 0 saturated heterocycles. The molecular formula is C15H18ClN3O6S. The molecule has 0 fully saturated rings. The van der Waals surface area contributed by atoms with Crippen LogP contribution in [0.5, 0.6) is 11.5 Å². The topological polar surface area (TPSA) is 124 Å².